The maximum atomic E-state index is 11.5. The summed E-state index contributed by atoms with van der Waals surface area (Å²) in [6.07, 6.45) is 6.23. The molecule has 2 N–H and O–H groups in total. The smallest absolute Gasteiger partial charge is 0.247 e. The van der Waals surface area contributed by atoms with Crippen LogP contribution in [0.25, 0.3) is 16.9 Å². The van der Waals surface area contributed by atoms with Gasteiger partial charge in [0, 0.05) is 11.4 Å². The topological polar surface area (TPSA) is 84.7 Å². The zero-order valence-corrected chi connectivity index (χ0v) is 14.3. The second-order valence-corrected chi connectivity index (χ2v) is 5.76. The monoisotopic (exact) mass is 356 g/mol. The predicted molar refractivity (Wildman–Crippen MR) is 105 cm³/mol. The molecule has 7 nitrogen and oxygen atoms in total. The number of nitrogens with one attached hydrogen (secondary N) is 2. The van der Waals surface area contributed by atoms with E-state index in [0.29, 0.717) is 17.3 Å². The lowest BCUT2D eigenvalue weighted by molar-refractivity contribution is -0.111. The van der Waals surface area contributed by atoms with Gasteiger partial charge in [0.1, 0.15) is 6.33 Å². The van der Waals surface area contributed by atoms with Crippen LogP contribution in [0.3, 0.4) is 0 Å². The van der Waals surface area contributed by atoms with E-state index < -0.39 is 0 Å². The van der Waals surface area contributed by atoms with Crippen molar-refractivity contribution < 1.29 is 4.79 Å². The van der Waals surface area contributed by atoms with Crippen molar-refractivity contribution in [3.63, 3.8) is 0 Å². The molecule has 0 aliphatic carbocycles. The number of aromatic nitrogens is 4. The first kappa shape index (κ1) is 16.5. The summed E-state index contributed by atoms with van der Waals surface area (Å²) in [5.74, 6) is 0.969. The molecular weight excluding hydrogens is 340 g/mol. The van der Waals surface area contributed by atoms with Gasteiger partial charge in [-0.25, -0.2) is 9.97 Å². The minimum Gasteiger partial charge on any atom is -0.339 e. The van der Waals surface area contributed by atoms with Gasteiger partial charge in [-0.15, -0.1) is 0 Å². The Bertz CT molecular complexity index is 1120. The Kier molecular flexibility index (Phi) is 4.32. The molecule has 0 saturated carbocycles. The largest absolute Gasteiger partial charge is 0.339 e. The molecule has 27 heavy (non-hydrogen) atoms. The molecule has 0 fully saturated rings. The van der Waals surface area contributed by atoms with Crippen LogP contribution in [0.15, 0.2) is 79.9 Å². The summed E-state index contributed by atoms with van der Waals surface area (Å²) in [5, 5.41) is 5.97. The van der Waals surface area contributed by atoms with Crippen molar-refractivity contribution in [1.82, 2.24) is 19.5 Å². The molecule has 0 aliphatic rings. The fourth-order valence-corrected chi connectivity index (χ4v) is 2.66. The average molecular weight is 356 g/mol. The van der Waals surface area contributed by atoms with Crippen LogP contribution in [-0.2, 0) is 4.79 Å². The number of carbonyl (C=O) groups is 1. The Hall–Kier alpha value is -4.00. The summed E-state index contributed by atoms with van der Waals surface area (Å²) in [5.41, 5.74) is 3.17. The summed E-state index contributed by atoms with van der Waals surface area (Å²) in [4.78, 5) is 24.8. The molecule has 0 saturated heterocycles. The summed E-state index contributed by atoms with van der Waals surface area (Å²) in [6, 6.07) is 15.2. The van der Waals surface area contributed by atoms with E-state index in [9.17, 15) is 4.79 Å². The van der Waals surface area contributed by atoms with Crippen molar-refractivity contribution in [1.29, 1.82) is 0 Å². The van der Waals surface area contributed by atoms with Gasteiger partial charge in [-0.2, -0.15) is 0 Å². The molecule has 0 aliphatic heterocycles. The van der Waals surface area contributed by atoms with Gasteiger partial charge in [-0.05, 0) is 36.4 Å². The number of hydrogen-bond acceptors (Lipinski definition) is 5. The first-order valence-corrected chi connectivity index (χ1v) is 8.28. The third kappa shape index (κ3) is 3.52. The van der Waals surface area contributed by atoms with E-state index in [0.717, 1.165) is 16.7 Å². The van der Waals surface area contributed by atoms with Gasteiger partial charge >= 0.3 is 0 Å². The van der Waals surface area contributed by atoms with E-state index in [1.165, 1.54) is 6.08 Å². The molecule has 0 bridgehead atoms. The maximum absolute atomic E-state index is 11.5. The van der Waals surface area contributed by atoms with E-state index in [4.69, 9.17) is 0 Å². The van der Waals surface area contributed by atoms with E-state index >= 15 is 0 Å². The summed E-state index contributed by atoms with van der Waals surface area (Å²) in [6.45, 7) is 3.46. The van der Waals surface area contributed by atoms with Crippen LogP contribution in [-0.4, -0.2) is 25.4 Å². The fourth-order valence-electron chi connectivity index (χ4n) is 2.66. The molecule has 2 heterocycles. The molecule has 2 aromatic heterocycles. The zero-order chi connectivity index (χ0) is 18.6. The molecular formula is C20H16N6O. The third-order valence-electron chi connectivity index (χ3n) is 3.92. The SMILES string of the molecule is C=CC(=O)Nc1ccc2ncn(-c3cncc(Nc4ccccc4)n3)c2c1. The lowest BCUT2D eigenvalue weighted by Gasteiger charge is -2.08. The first-order valence-electron chi connectivity index (χ1n) is 8.28. The number of imidazole rings is 1. The van der Waals surface area contributed by atoms with Gasteiger partial charge in [0.25, 0.3) is 0 Å². The van der Waals surface area contributed by atoms with Crippen molar-refractivity contribution in [2.24, 2.45) is 0 Å². The molecule has 7 heteroatoms. The molecule has 0 unspecified atom stereocenters. The number of para-hydroxylation sites is 1. The average Bonchev–Trinajstić information content (AvgIpc) is 3.12. The molecule has 0 atom stereocenters. The maximum Gasteiger partial charge on any atom is 0.247 e. The highest BCUT2D eigenvalue weighted by Crippen LogP contribution is 2.22. The van der Waals surface area contributed by atoms with Crippen LogP contribution in [0, 0.1) is 0 Å². The molecule has 1 amide bonds. The van der Waals surface area contributed by atoms with E-state index in [-0.39, 0.29) is 5.91 Å². The zero-order valence-electron chi connectivity index (χ0n) is 14.3. The highest BCUT2D eigenvalue weighted by Gasteiger charge is 2.09. The fraction of sp³-hybridized carbons (Fsp3) is 0. The summed E-state index contributed by atoms with van der Waals surface area (Å²) in [7, 11) is 0. The van der Waals surface area contributed by atoms with Gasteiger partial charge in [0.05, 0.1) is 23.4 Å². The number of rotatable bonds is 5. The first-order chi connectivity index (χ1) is 13.2. The third-order valence-corrected chi connectivity index (χ3v) is 3.92. The van der Waals surface area contributed by atoms with Crippen molar-refractivity contribution in [3.05, 3.63) is 79.9 Å². The molecule has 132 valence electrons. The van der Waals surface area contributed by atoms with E-state index in [1.54, 1.807) is 24.8 Å². The minimum atomic E-state index is -0.269. The molecule has 0 spiro atoms. The second-order valence-electron chi connectivity index (χ2n) is 5.76. The van der Waals surface area contributed by atoms with Crippen molar-refractivity contribution in [2.75, 3.05) is 10.6 Å². The second kappa shape index (κ2) is 7.09. The molecule has 4 aromatic rings. The molecule has 4 rings (SSSR count). The summed E-state index contributed by atoms with van der Waals surface area (Å²) < 4.78 is 1.82. The lowest BCUT2D eigenvalue weighted by Crippen LogP contribution is -2.07. The number of anilines is 3. The Labute approximate surface area is 155 Å². The van der Waals surface area contributed by atoms with Gasteiger partial charge in [0.2, 0.25) is 5.91 Å². The van der Waals surface area contributed by atoms with E-state index in [1.807, 2.05) is 47.0 Å². The number of benzene rings is 2. The number of carbonyl (C=O) groups excluding carboxylic acids is 1. The van der Waals surface area contributed by atoms with Gasteiger partial charge < -0.3 is 10.6 Å². The highest BCUT2D eigenvalue weighted by molar-refractivity contribution is 6.00. The van der Waals surface area contributed by atoms with E-state index in [2.05, 4.69) is 32.2 Å². The Balaban J connectivity index is 1.69. The normalized spacial score (nSPS) is 10.5. The predicted octanol–water partition coefficient (Wildman–Crippen LogP) is 3.68. The molecule has 2 aromatic carbocycles. The lowest BCUT2D eigenvalue weighted by atomic mass is 10.2. The van der Waals surface area contributed by atoms with Crippen LogP contribution in [0.5, 0.6) is 0 Å². The number of nitrogens with zero attached hydrogens (tertiary/aromatic N) is 4. The van der Waals surface area contributed by atoms with Crippen LogP contribution in [0.1, 0.15) is 0 Å². The van der Waals surface area contributed by atoms with Crippen LogP contribution in [0.2, 0.25) is 0 Å². The Morgan fingerprint density at radius 3 is 2.74 bits per heavy atom. The van der Waals surface area contributed by atoms with Gasteiger partial charge in [-0.1, -0.05) is 24.8 Å². The highest BCUT2D eigenvalue weighted by atomic mass is 16.1. The standard InChI is InChI=1S/C20H16N6O/c1-2-20(27)24-15-8-9-16-17(10-15)26(13-22-16)19-12-21-11-18(25-19)23-14-6-4-3-5-7-14/h2-13H,1H2,(H,23,25)(H,24,27). The van der Waals surface area contributed by atoms with Crippen molar-refractivity contribution in [2.45, 2.75) is 0 Å². The number of fused-ring (bicyclic) bond motifs is 1. The quantitative estimate of drug-likeness (QED) is 0.533. The Morgan fingerprint density at radius 1 is 1.07 bits per heavy atom. The summed E-state index contributed by atoms with van der Waals surface area (Å²) >= 11 is 0. The van der Waals surface area contributed by atoms with Crippen LogP contribution in [0.4, 0.5) is 17.2 Å². The Morgan fingerprint density at radius 2 is 1.93 bits per heavy atom. The van der Waals surface area contributed by atoms with Gasteiger partial charge in [0.15, 0.2) is 11.6 Å². The van der Waals surface area contributed by atoms with Crippen molar-refractivity contribution in [3.8, 4) is 5.82 Å². The minimum absolute atomic E-state index is 0.269. The number of amides is 1. The van der Waals surface area contributed by atoms with Crippen LogP contribution >= 0.6 is 0 Å². The van der Waals surface area contributed by atoms with Crippen LogP contribution < -0.4 is 10.6 Å². The number of hydrogen-bond donors (Lipinski definition) is 2. The molecule has 0 radical (unpaired) electrons. The van der Waals surface area contributed by atoms with Crippen molar-refractivity contribution >= 4 is 34.1 Å². The van der Waals surface area contributed by atoms with Gasteiger partial charge in [-0.3, -0.25) is 14.3 Å².